The Kier molecular flexibility index (Phi) is 7.97. The zero-order valence-electron chi connectivity index (χ0n) is 19.6. The molecule has 3 aromatic carbocycles. The van der Waals surface area contributed by atoms with E-state index >= 15 is 0 Å². The second kappa shape index (κ2) is 11.2. The zero-order valence-corrected chi connectivity index (χ0v) is 22.0. The normalized spacial score (nSPS) is 11.3. The topological polar surface area (TPSA) is 108 Å². The summed E-state index contributed by atoms with van der Waals surface area (Å²) in [6.45, 7) is 4.01. The molecule has 0 aliphatic heterocycles. The van der Waals surface area contributed by atoms with Gasteiger partial charge in [0.2, 0.25) is 11.1 Å². The van der Waals surface area contributed by atoms with E-state index < -0.39 is 10.0 Å². The quantitative estimate of drug-likeness (QED) is 0.275. The van der Waals surface area contributed by atoms with Gasteiger partial charge in [0.15, 0.2) is 5.82 Å². The van der Waals surface area contributed by atoms with E-state index in [4.69, 9.17) is 11.6 Å². The largest absolute Gasteiger partial charge is 0.324 e. The molecule has 8 nitrogen and oxygen atoms in total. The van der Waals surface area contributed by atoms with E-state index in [1.807, 2.05) is 37.3 Å². The lowest BCUT2D eigenvalue weighted by molar-refractivity contribution is -0.113. The molecule has 0 fully saturated rings. The molecule has 0 saturated carbocycles. The van der Waals surface area contributed by atoms with Crippen LogP contribution in [-0.2, 0) is 14.8 Å². The molecular formula is C25H24ClN5O3S2. The number of thioether (sulfide) groups is 1. The van der Waals surface area contributed by atoms with Crippen LogP contribution in [0.4, 0.5) is 11.4 Å². The van der Waals surface area contributed by atoms with Crippen molar-refractivity contribution in [1.29, 1.82) is 0 Å². The van der Waals surface area contributed by atoms with Crippen LogP contribution in [0.25, 0.3) is 11.4 Å². The second-order valence-corrected chi connectivity index (χ2v) is 11.0. The van der Waals surface area contributed by atoms with E-state index in [9.17, 15) is 13.2 Å². The summed E-state index contributed by atoms with van der Waals surface area (Å²) in [6, 6.07) is 20.9. The van der Waals surface area contributed by atoms with Gasteiger partial charge in [-0.2, -0.15) is 0 Å². The average Bonchev–Trinajstić information content (AvgIpc) is 3.34. The van der Waals surface area contributed by atoms with Gasteiger partial charge in [-0.1, -0.05) is 71.4 Å². The predicted molar refractivity (Wildman–Crippen MR) is 144 cm³/mol. The number of hydrogen-bond acceptors (Lipinski definition) is 6. The van der Waals surface area contributed by atoms with Crippen molar-refractivity contribution in [2.75, 3.05) is 21.9 Å². The van der Waals surface area contributed by atoms with Crippen molar-refractivity contribution in [1.82, 2.24) is 15.2 Å². The first-order valence-electron chi connectivity index (χ1n) is 11.1. The van der Waals surface area contributed by atoms with Crippen LogP contribution in [0.15, 0.2) is 82.8 Å². The van der Waals surface area contributed by atoms with Gasteiger partial charge in [0, 0.05) is 12.1 Å². The minimum absolute atomic E-state index is 0.0175. The maximum atomic E-state index is 13.3. The van der Waals surface area contributed by atoms with Crippen LogP contribution >= 0.6 is 23.4 Å². The highest BCUT2D eigenvalue weighted by Gasteiger charge is 2.24. The van der Waals surface area contributed by atoms with Crippen LogP contribution in [-0.4, -0.2) is 41.8 Å². The second-order valence-electron chi connectivity index (χ2n) is 7.82. The first-order chi connectivity index (χ1) is 17.3. The first kappa shape index (κ1) is 25.7. The molecule has 11 heteroatoms. The summed E-state index contributed by atoms with van der Waals surface area (Å²) in [5, 5.41) is 10.4. The number of rotatable bonds is 9. The SMILES string of the molecule is CCN(c1ccccc1)S(=O)(=O)c1ccc(Cl)c(NC(=O)CSc2n[nH]c(-c3ccc(C)cc3)n2)c1. The van der Waals surface area contributed by atoms with Gasteiger partial charge in [-0.25, -0.2) is 13.4 Å². The fourth-order valence-electron chi connectivity index (χ4n) is 3.44. The Labute approximate surface area is 219 Å². The smallest absolute Gasteiger partial charge is 0.264 e. The number of benzene rings is 3. The predicted octanol–water partition coefficient (Wildman–Crippen LogP) is 5.38. The van der Waals surface area contributed by atoms with Crippen LogP contribution in [0.1, 0.15) is 12.5 Å². The van der Waals surface area contributed by atoms with Gasteiger partial charge in [0.1, 0.15) is 0 Å². The number of hydrogen-bond donors (Lipinski definition) is 2. The molecule has 0 bridgehead atoms. The molecule has 2 N–H and O–H groups in total. The molecule has 36 heavy (non-hydrogen) atoms. The number of aromatic nitrogens is 3. The van der Waals surface area contributed by atoms with Crippen molar-refractivity contribution < 1.29 is 13.2 Å². The number of nitrogens with one attached hydrogen (secondary N) is 2. The highest BCUT2D eigenvalue weighted by atomic mass is 35.5. The molecule has 0 aliphatic carbocycles. The van der Waals surface area contributed by atoms with Gasteiger partial charge in [-0.3, -0.25) is 14.2 Å². The fourth-order valence-corrected chi connectivity index (χ4v) is 5.70. The number of para-hydroxylation sites is 1. The van der Waals surface area contributed by atoms with Gasteiger partial charge in [-0.15, -0.1) is 5.10 Å². The first-order valence-corrected chi connectivity index (χ1v) is 13.9. The number of aromatic amines is 1. The van der Waals surface area contributed by atoms with Crippen molar-refractivity contribution in [3.8, 4) is 11.4 Å². The molecule has 0 unspecified atom stereocenters. The van der Waals surface area contributed by atoms with E-state index in [1.54, 1.807) is 31.2 Å². The maximum absolute atomic E-state index is 13.3. The van der Waals surface area contributed by atoms with Gasteiger partial charge in [-0.05, 0) is 44.2 Å². The molecule has 186 valence electrons. The Balaban J connectivity index is 1.44. The summed E-state index contributed by atoms with van der Waals surface area (Å²) in [4.78, 5) is 17.0. The van der Waals surface area contributed by atoms with E-state index in [0.29, 0.717) is 16.7 Å². The Bertz CT molecular complexity index is 1460. The zero-order chi connectivity index (χ0) is 25.7. The molecule has 4 rings (SSSR count). The monoisotopic (exact) mass is 541 g/mol. The molecule has 0 spiro atoms. The van der Waals surface area contributed by atoms with Crippen LogP contribution in [0.2, 0.25) is 5.02 Å². The fraction of sp³-hybridized carbons (Fsp3) is 0.160. The lowest BCUT2D eigenvalue weighted by Crippen LogP contribution is -2.30. The number of carbonyl (C=O) groups excluding carboxylic acids is 1. The van der Waals surface area contributed by atoms with E-state index in [2.05, 4.69) is 20.5 Å². The Morgan fingerprint density at radius 1 is 1.08 bits per heavy atom. The van der Waals surface area contributed by atoms with Crippen LogP contribution in [0, 0.1) is 6.92 Å². The van der Waals surface area contributed by atoms with Crippen LogP contribution in [0.5, 0.6) is 0 Å². The summed E-state index contributed by atoms with van der Waals surface area (Å²) in [5.74, 6) is 0.259. The molecule has 1 aromatic heterocycles. The third-order valence-electron chi connectivity index (χ3n) is 5.25. The van der Waals surface area contributed by atoms with E-state index in [0.717, 1.165) is 22.9 Å². The summed E-state index contributed by atoms with van der Waals surface area (Å²) in [7, 11) is -3.87. The summed E-state index contributed by atoms with van der Waals surface area (Å²) >= 11 is 7.41. The highest BCUT2D eigenvalue weighted by Crippen LogP contribution is 2.29. The molecular weight excluding hydrogens is 518 g/mol. The van der Waals surface area contributed by atoms with Crippen molar-refractivity contribution in [3.05, 3.63) is 83.4 Å². The minimum Gasteiger partial charge on any atom is -0.324 e. The standard InChI is InChI=1S/C25H24ClN5O3S2/c1-3-31(19-7-5-4-6-8-19)36(33,34)20-13-14-21(26)22(15-20)27-23(32)16-35-25-28-24(29-30-25)18-11-9-17(2)10-12-18/h4-15H,3,16H2,1-2H3,(H,27,32)(H,28,29,30). The molecule has 4 aromatic rings. The Hall–Kier alpha value is -3.34. The van der Waals surface area contributed by atoms with Crippen molar-refractivity contribution in [2.45, 2.75) is 23.9 Å². The van der Waals surface area contributed by atoms with Crippen LogP contribution < -0.4 is 9.62 Å². The molecule has 0 saturated heterocycles. The average molecular weight is 542 g/mol. The minimum atomic E-state index is -3.87. The number of H-pyrrole nitrogens is 1. The number of amides is 1. The number of sulfonamides is 1. The Morgan fingerprint density at radius 2 is 1.81 bits per heavy atom. The van der Waals surface area contributed by atoms with Crippen molar-refractivity contribution >= 4 is 50.7 Å². The van der Waals surface area contributed by atoms with Gasteiger partial charge in [0.25, 0.3) is 10.0 Å². The number of halogens is 1. The molecule has 1 heterocycles. The lowest BCUT2D eigenvalue weighted by atomic mass is 10.1. The molecule has 0 aliphatic rings. The van der Waals surface area contributed by atoms with E-state index in [-0.39, 0.29) is 33.8 Å². The lowest BCUT2D eigenvalue weighted by Gasteiger charge is -2.23. The third-order valence-corrected chi connectivity index (χ3v) is 8.33. The molecule has 0 radical (unpaired) electrons. The van der Waals surface area contributed by atoms with Gasteiger partial charge in [0.05, 0.1) is 27.0 Å². The summed E-state index contributed by atoms with van der Waals surface area (Å²) in [6.07, 6.45) is 0. The number of nitrogens with zero attached hydrogens (tertiary/aromatic N) is 3. The van der Waals surface area contributed by atoms with Gasteiger partial charge >= 0.3 is 0 Å². The Morgan fingerprint density at radius 3 is 2.50 bits per heavy atom. The summed E-state index contributed by atoms with van der Waals surface area (Å²) in [5.41, 5.74) is 2.80. The maximum Gasteiger partial charge on any atom is 0.264 e. The van der Waals surface area contributed by atoms with Gasteiger partial charge < -0.3 is 5.32 Å². The van der Waals surface area contributed by atoms with Crippen molar-refractivity contribution in [3.63, 3.8) is 0 Å². The number of aryl methyl sites for hydroxylation is 1. The molecule has 0 atom stereocenters. The third kappa shape index (κ3) is 5.89. The number of carbonyl (C=O) groups is 1. The van der Waals surface area contributed by atoms with E-state index in [1.165, 1.54) is 22.5 Å². The van der Waals surface area contributed by atoms with Crippen LogP contribution in [0.3, 0.4) is 0 Å². The van der Waals surface area contributed by atoms with Crippen molar-refractivity contribution in [2.24, 2.45) is 0 Å². The highest BCUT2D eigenvalue weighted by molar-refractivity contribution is 7.99. The number of anilines is 2. The summed E-state index contributed by atoms with van der Waals surface area (Å²) < 4.78 is 27.9. The molecule has 1 amide bonds.